The van der Waals surface area contributed by atoms with E-state index in [-0.39, 0.29) is 0 Å². The van der Waals surface area contributed by atoms with Crippen molar-refractivity contribution in [3.63, 3.8) is 0 Å². The summed E-state index contributed by atoms with van der Waals surface area (Å²) in [6.45, 7) is 9.23. The first-order chi connectivity index (χ1) is 9.41. The molecule has 0 aliphatic heterocycles. The van der Waals surface area contributed by atoms with Gasteiger partial charge in [-0.3, -0.25) is 0 Å². The minimum atomic E-state index is 1.12. The molecule has 0 fully saturated rings. The summed E-state index contributed by atoms with van der Waals surface area (Å²) in [6, 6.07) is 0. The molecule has 0 amide bonds. The summed E-state index contributed by atoms with van der Waals surface area (Å²) in [4.78, 5) is 0. The molecule has 2 heteroatoms. The molecule has 0 rings (SSSR count). The van der Waals surface area contributed by atoms with Gasteiger partial charge in [0.25, 0.3) is 0 Å². The Kier molecular flexibility index (Phi) is 17.8. The fraction of sp³-hybridized carbons (Fsp3) is 1.00. The van der Waals surface area contributed by atoms with Crippen LogP contribution in [-0.2, 0) is 0 Å². The molecule has 0 atom stereocenters. The van der Waals surface area contributed by atoms with Crippen LogP contribution in [0.2, 0.25) is 0 Å². The summed E-state index contributed by atoms with van der Waals surface area (Å²) in [5, 5.41) is 6.95. The summed E-state index contributed by atoms with van der Waals surface area (Å²) in [6.07, 6.45) is 15.3. The third-order valence-corrected chi connectivity index (χ3v) is 3.66. The second-order valence-corrected chi connectivity index (χ2v) is 5.64. The third kappa shape index (κ3) is 17.9. The maximum absolute atomic E-state index is 3.57. The molecule has 0 radical (unpaired) electrons. The van der Waals surface area contributed by atoms with Crippen molar-refractivity contribution >= 4 is 0 Å². The Hall–Kier alpha value is -0.0800. The number of hydrogen-bond donors (Lipinski definition) is 2. The van der Waals surface area contributed by atoms with Crippen LogP contribution in [0.5, 0.6) is 0 Å². The topological polar surface area (TPSA) is 24.1 Å². The Morgan fingerprint density at radius 1 is 0.474 bits per heavy atom. The van der Waals surface area contributed by atoms with E-state index in [2.05, 4.69) is 24.5 Å². The van der Waals surface area contributed by atoms with Crippen LogP contribution < -0.4 is 10.6 Å². The highest BCUT2D eigenvalue weighted by atomic mass is 14.8. The van der Waals surface area contributed by atoms with Crippen molar-refractivity contribution < 1.29 is 0 Å². The first-order valence-corrected chi connectivity index (χ1v) is 8.83. The zero-order chi connectivity index (χ0) is 14.0. The van der Waals surface area contributed by atoms with Crippen LogP contribution in [-0.4, -0.2) is 26.2 Å². The fourth-order valence-electron chi connectivity index (χ4n) is 2.36. The maximum Gasteiger partial charge on any atom is -0.00489 e. The SMILES string of the molecule is CCCCCCCNCCCCCCCCNCC. The quantitative estimate of drug-likeness (QED) is 0.404. The Morgan fingerprint density at radius 3 is 1.37 bits per heavy atom. The normalized spacial score (nSPS) is 11.1. The number of hydrogen-bond acceptors (Lipinski definition) is 2. The van der Waals surface area contributed by atoms with E-state index < -0.39 is 0 Å². The van der Waals surface area contributed by atoms with Gasteiger partial charge < -0.3 is 10.6 Å². The summed E-state index contributed by atoms with van der Waals surface area (Å²) in [5.74, 6) is 0. The van der Waals surface area contributed by atoms with Crippen molar-refractivity contribution in [1.29, 1.82) is 0 Å². The van der Waals surface area contributed by atoms with E-state index >= 15 is 0 Å². The summed E-state index contributed by atoms with van der Waals surface area (Å²) >= 11 is 0. The van der Waals surface area contributed by atoms with Crippen LogP contribution in [0.4, 0.5) is 0 Å². The molecule has 0 saturated heterocycles. The minimum absolute atomic E-state index is 1.12. The van der Waals surface area contributed by atoms with Crippen molar-refractivity contribution in [2.75, 3.05) is 26.2 Å². The molecule has 0 saturated carbocycles. The lowest BCUT2D eigenvalue weighted by Gasteiger charge is -2.05. The predicted octanol–water partition coefficient (Wildman–Crippen LogP) is 4.50. The molecule has 2 nitrogen and oxygen atoms in total. The van der Waals surface area contributed by atoms with E-state index in [0.717, 1.165) is 6.54 Å². The lowest BCUT2D eigenvalue weighted by molar-refractivity contribution is 0.539. The minimum Gasteiger partial charge on any atom is -0.317 e. The van der Waals surface area contributed by atoms with Crippen molar-refractivity contribution in [2.24, 2.45) is 0 Å². The highest BCUT2D eigenvalue weighted by Crippen LogP contribution is 2.04. The molecule has 0 aromatic rings. The summed E-state index contributed by atoms with van der Waals surface area (Å²) in [7, 11) is 0. The number of nitrogens with one attached hydrogen (secondary N) is 2. The Balaban J connectivity index is 2.88. The van der Waals surface area contributed by atoms with Gasteiger partial charge in [0.05, 0.1) is 0 Å². The molecule has 0 aliphatic carbocycles. The van der Waals surface area contributed by atoms with E-state index in [9.17, 15) is 0 Å². The standard InChI is InChI=1S/C17H38N2/c1-3-5-6-9-13-16-19-17-14-11-8-7-10-12-15-18-4-2/h18-19H,3-17H2,1-2H3. The van der Waals surface area contributed by atoms with Crippen molar-refractivity contribution in [3.05, 3.63) is 0 Å². The zero-order valence-corrected chi connectivity index (χ0v) is 13.6. The maximum atomic E-state index is 3.57. The van der Waals surface area contributed by atoms with Gasteiger partial charge in [-0.05, 0) is 45.4 Å². The lowest BCUT2D eigenvalue weighted by Crippen LogP contribution is -2.16. The van der Waals surface area contributed by atoms with Gasteiger partial charge in [-0.2, -0.15) is 0 Å². The van der Waals surface area contributed by atoms with Gasteiger partial charge in [-0.1, -0.05) is 65.2 Å². The molecule has 19 heavy (non-hydrogen) atoms. The third-order valence-electron chi connectivity index (χ3n) is 3.66. The summed E-state index contributed by atoms with van der Waals surface area (Å²) in [5.41, 5.74) is 0. The smallest absolute Gasteiger partial charge is 0.00489 e. The average molecular weight is 271 g/mol. The second kappa shape index (κ2) is 17.9. The van der Waals surface area contributed by atoms with Gasteiger partial charge in [-0.25, -0.2) is 0 Å². The largest absolute Gasteiger partial charge is 0.317 e. The Bertz CT molecular complexity index is 132. The van der Waals surface area contributed by atoms with Crippen LogP contribution in [0.15, 0.2) is 0 Å². The van der Waals surface area contributed by atoms with Gasteiger partial charge in [0.2, 0.25) is 0 Å². The van der Waals surface area contributed by atoms with Crippen LogP contribution >= 0.6 is 0 Å². The lowest BCUT2D eigenvalue weighted by atomic mass is 10.1. The van der Waals surface area contributed by atoms with E-state index in [4.69, 9.17) is 0 Å². The first kappa shape index (κ1) is 18.9. The zero-order valence-electron chi connectivity index (χ0n) is 13.6. The van der Waals surface area contributed by atoms with Crippen LogP contribution in [0.1, 0.15) is 84.5 Å². The van der Waals surface area contributed by atoms with Crippen LogP contribution in [0.3, 0.4) is 0 Å². The van der Waals surface area contributed by atoms with Gasteiger partial charge >= 0.3 is 0 Å². The van der Waals surface area contributed by atoms with Gasteiger partial charge in [0.15, 0.2) is 0 Å². The number of rotatable bonds is 16. The molecule has 0 spiro atoms. The van der Waals surface area contributed by atoms with Crippen molar-refractivity contribution in [2.45, 2.75) is 84.5 Å². The van der Waals surface area contributed by atoms with E-state index in [1.807, 2.05) is 0 Å². The molecule has 0 heterocycles. The molecule has 116 valence electrons. The average Bonchev–Trinajstić information content (AvgIpc) is 2.43. The first-order valence-electron chi connectivity index (χ1n) is 8.83. The van der Waals surface area contributed by atoms with Crippen LogP contribution in [0, 0.1) is 0 Å². The second-order valence-electron chi connectivity index (χ2n) is 5.64. The van der Waals surface area contributed by atoms with E-state index in [1.165, 1.54) is 90.3 Å². The van der Waals surface area contributed by atoms with Crippen molar-refractivity contribution in [1.82, 2.24) is 10.6 Å². The van der Waals surface area contributed by atoms with Gasteiger partial charge in [0, 0.05) is 0 Å². The number of unbranched alkanes of at least 4 members (excludes halogenated alkanes) is 9. The van der Waals surface area contributed by atoms with Crippen LogP contribution in [0.25, 0.3) is 0 Å². The fourth-order valence-corrected chi connectivity index (χ4v) is 2.36. The molecule has 2 N–H and O–H groups in total. The Morgan fingerprint density at radius 2 is 0.895 bits per heavy atom. The summed E-state index contributed by atoms with van der Waals surface area (Å²) < 4.78 is 0. The van der Waals surface area contributed by atoms with E-state index in [1.54, 1.807) is 0 Å². The molecule has 0 aromatic heterocycles. The molecule has 0 aliphatic rings. The highest BCUT2D eigenvalue weighted by Gasteiger charge is 1.92. The predicted molar refractivity (Wildman–Crippen MR) is 87.9 cm³/mol. The van der Waals surface area contributed by atoms with Gasteiger partial charge in [-0.15, -0.1) is 0 Å². The molecular weight excluding hydrogens is 232 g/mol. The molecule has 0 aromatic carbocycles. The highest BCUT2D eigenvalue weighted by molar-refractivity contribution is 4.52. The monoisotopic (exact) mass is 270 g/mol. The molecule has 0 bridgehead atoms. The van der Waals surface area contributed by atoms with Crippen molar-refractivity contribution in [3.8, 4) is 0 Å². The molecule has 0 unspecified atom stereocenters. The Labute approximate surface area is 122 Å². The molecular formula is C17H38N2. The van der Waals surface area contributed by atoms with E-state index in [0.29, 0.717) is 0 Å². The van der Waals surface area contributed by atoms with Gasteiger partial charge in [0.1, 0.15) is 0 Å².